The summed E-state index contributed by atoms with van der Waals surface area (Å²) in [4.78, 5) is 14.4. The van der Waals surface area contributed by atoms with Crippen LogP contribution in [0.25, 0.3) is 0 Å². The summed E-state index contributed by atoms with van der Waals surface area (Å²) in [5.74, 6) is -0.815. The third-order valence-corrected chi connectivity index (χ3v) is 1.61. The predicted octanol–water partition coefficient (Wildman–Crippen LogP) is 0.945. The minimum Gasteiger partial charge on any atom is -0.497 e. The lowest BCUT2D eigenvalue weighted by Crippen LogP contribution is -2.07. The van der Waals surface area contributed by atoms with E-state index in [0.717, 1.165) is 6.07 Å². The van der Waals surface area contributed by atoms with Gasteiger partial charge in [0, 0.05) is 12.1 Å². The molecule has 0 atom stereocenters. The van der Waals surface area contributed by atoms with E-state index in [9.17, 15) is 9.18 Å². The van der Waals surface area contributed by atoms with Gasteiger partial charge >= 0.3 is 5.97 Å². The molecule has 0 aliphatic carbocycles. The number of aromatic nitrogens is 1. The van der Waals surface area contributed by atoms with Crippen LogP contribution >= 0.6 is 0 Å². The van der Waals surface area contributed by atoms with Gasteiger partial charge in [-0.25, -0.2) is 4.98 Å². The number of hydrogen-bond acceptors (Lipinski definition) is 4. The number of pyridine rings is 1. The summed E-state index contributed by atoms with van der Waals surface area (Å²) in [5.41, 5.74) is 0.286. The molecule has 0 aromatic carbocycles. The van der Waals surface area contributed by atoms with Gasteiger partial charge in [-0.05, 0) is 0 Å². The van der Waals surface area contributed by atoms with Crippen LogP contribution < -0.4 is 4.74 Å². The Labute approximate surface area is 80.7 Å². The Kier molecular flexibility index (Phi) is 3.39. The van der Waals surface area contributed by atoms with Gasteiger partial charge in [0.2, 0.25) is 5.95 Å². The Morgan fingerprint density at radius 3 is 2.79 bits per heavy atom. The summed E-state index contributed by atoms with van der Waals surface area (Å²) in [7, 11) is 2.68. The average Bonchev–Trinajstić information content (AvgIpc) is 2.16. The van der Waals surface area contributed by atoms with Crippen molar-refractivity contribution in [1.29, 1.82) is 0 Å². The molecule has 0 N–H and O–H groups in total. The van der Waals surface area contributed by atoms with Crippen LogP contribution in [-0.2, 0) is 16.0 Å². The molecule has 76 valence electrons. The van der Waals surface area contributed by atoms with Crippen molar-refractivity contribution in [3.05, 3.63) is 23.8 Å². The maximum Gasteiger partial charge on any atom is 0.311 e. The zero-order valence-corrected chi connectivity index (χ0v) is 7.91. The number of hydrogen-bond donors (Lipinski definition) is 0. The van der Waals surface area contributed by atoms with Crippen molar-refractivity contribution < 1.29 is 18.7 Å². The molecular weight excluding hydrogens is 189 g/mol. The molecule has 0 saturated carbocycles. The molecule has 0 saturated heterocycles. The van der Waals surface area contributed by atoms with E-state index in [1.807, 2.05) is 0 Å². The summed E-state index contributed by atoms with van der Waals surface area (Å²) in [6.07, 6.45) is -0.0649. The Morgan fingerprint density at radius 2 is 2.21 bits per heavy atom. The molecule has 0 fully saturated rings. The van der Waals surface area contributed by atoms with E-state index in [-0.39, 0.29) is 12.1 Å². The van der Waals surface area contributed by atoms with Crippen LogP contribution in [0.15, 0.2) is 12.1 Å². The van der Waals surface area contributed by atoms with E-state index in [2.05, 4.69) is 9.72 Å². The van der Waals surface area contributed by atoms with Crippen LogP contribution in [0.3, 0.4) is 0 Å². The highest BCUT2D eigenvalue weighted by molar-refractivity contribution is 5.71. The SMILES string of the molecule is COC(=O)Cc1cc(OC)cc(F)n1. The number of halogens is 1. The lowest BCUT2D eigenvalue weighted by Gasteiger charge is -2.03. The largest absolute Gasteiger partial charge is 0.497 e. The van der Waals surface area contributed by atoms with Gasteiger partial charge in [0.05, 0.1) is 26.3 Å². The first-order valence-corrected chi connectivity index (χ1v) is 3.93. The van der Waals surface area contributed by atoms with Crippen molar-refractivity contribution in [3.63, 3.8) is 0 Å². The van der Waals surface area contributed by atoms with Crippen LogP contribution in [0.4, 0.5) is 4.39 Å². The van der Waals surface area contributed by atoms with E-state index >= 15 is 0 Å². The molecule has 0 radical (unpaired) electrons. The number of carbonyl (C=O) groups is 1. The van der Waals surface area contributed by atoms with Gasteiger partial charge in [-0.1, -0.05) is 0 Å². The smallest absolute Gasteiger partial charge is 0.311 e. The highest BCUT2D eigenvalue weighted by atomic mass is 19.1. The molecule has 1 rings (SSSR count). The van der Waals surface area contributed by atoms with Crippen LogP contribution in [-0.4, -0.2) is 25.2 Å². The Morgan fingerprint density at radius 1 is 1.50 bits per heavy atom. The number of esters is 1. The lowest BCUT2D eigenvalue weighted by atomic mass is 10.2. The Bertz CT molecular complexity index is 341. The molecule has 0 spiro atoms. The van der Waals surface area contributed by atoms with Crippen LogP contribution in [0, 0.1) is 5.95 Å². The van der Waals surface area contributed by atoms with Crippen molar-refractivity contribution in [2.75, 3.05) is 14.2 Å². The van der Waals surface area contributed by atoms with Gasteiger partial charge in [-0.15, -0.1) is 0 Å². The second-order valence-electron chi connectivity index (χ2n) is 2.57. The minimum absolute atomic E-state index is 0.0649. The molecule has 0 amide bonds. The second-order valence-corrected chi connectivity index (χ2v) is 2.57. The van der Waals surface area contributed by atoms with Gasteiger partial charge in [-0.2, -0.15) is 4.39 Å². The van der Waals surface area contributed by atoms with Crippen molar-refractivity contribution >= 4 is 5.97 Å². The number of methoxy groups -OCH3 is 2. The molecule has 0 unspecified atom stereocenters. The average molecular weight is 199 g/mol. The van der Waals surface area contributed by atoms with Gasteiger partial charge in [0.25, 0.3) is 0 Å². The zero-order chi connectivity index (χ0) is 10.6. The first-order chi connectivity index (χ1) is 6.65. The molecule has 1 aromatic heterocycles. The van der Waals surface area contributed by atoms with Gasteiger partial charge < -0.3 is 9.47 Å². The summed E-state index contributed by atoms with van der Waals surface area (Å²) < 4.78 is 22.1. The lowest BCUT2D eigenvalue weighted by molar-refractivity contribution is -0.139. The number of carbonyl (C=O) groups excluding carboxylic acids is 1. The summed E-state index contributed by atoms with van der Waals surface area (Å²) in [6, 6.07) is 2.63. The zero-order valence-electron chi connectivity index (χ0n) is 7.91. The Balaban J connectivity index is 2.86. The topological polar surface area (TPSA) is 48.4 Å². The second kappa shape index (κ2) is 4.55. The van der Waals surface area contributed by atoms with E-state index in [1.54, 1.807) is 0 Å². The first-order valence-electron chi connectivity index (χ1n) is 3.93. The first kappa shape index (κ1) is 10.4. The summed E-state index contributed by atoms with van der Waals surface area (Å²) >= 11 is 0. The Hall–Kier alpha value is -1.65. The monoisotopic (exact) mass is 199 g/mol. The summed E-state index contributed by atoms with van der Waals surface area (Å²) in [6.45, 7) is 0. The quantitative estimate of drug-likeness (QED) is 0.537. The third-order valence-electron chi connectivity index (χ3n) is 1.61. The molecule has 1 aromatic rings. The number of nitrogens with zero attached hydrogens (tertiary/aromatic N) is 1. The fourth-order valence-corrected chi connectivity index (χ4v) is 0.953. The van der Waals surface area contributed by atoms with Gasteiger partial charge in [0.15, 0.2) is 0 Å². The van der Waals surface area contributed by atoms with Gasteiger partial charge in [-0.3, -0.25) is 4.79 Å². The summed E-state index contributed by atoms with van der Waals surface area (Å²) in [5, 5.41) is 0. The number of rotatable bonds is 3. The fourth-order valence-electron chi connectivity index (χ4n) is 0.953. The van der Waals surface area contributed by atoms with E-state index in [4.69, 9.17) is 4.74 Å². The van der Waals surface area contributed by atoms with Gasteiger partial charge in [0.1, 0.15) is 5.75 Å². The van der Waals surface area contributed by atoms with E-state index in [0.29, 0.717) is 5.75 Å². The number of ether oxygens (including phenoxy) is 2. The van der Waals surface area contributed by atoms with Crippen LogP contribution in [0.5, 0.6) is 5.75 Å². The van der Waals surface area contributed by atoms with Crippen molar-refractivity contribution in [3.8, 4) is 5.75 Å². The van der Waals surface area contributed by atoms with Crippen molar-refractivity contribution in [2.24, 2.45) is 0 Å². The maximum atomic E-state index is 12.8. The highest BCUT2D eigenvalue weighted by Gasteiger charge is 2.07. The molecule has 0 aliphatic heterocycles. The molecule has 4 nitrogen and oxygen atoms in total. The predicted molar refractivity (Wildman–Crippen MR) is 46.5 cm³/mol. The molecule has 14 heavy (non-hydrogen) atoms. The van der Waals surface area contributed by atoms with E-state index < -0.39 is 11.9 Å². The minimum atomic E-state index is -0.678. The fraction of sp³-hybridized carbons (Fsp3) is 0.333. The maximum absolute atomic E-state index is 12.8. The van der Waals surface area contributed by atoms with E-state index in [1.165, 1.54) is 20.3 Å². The van der Waals surface area contributed by atoms with Crippen molar-refractivity contribution in [2.45, 2.75) is 6.42 Å². The third kappa shape index (κ3) is 2.69. The van der Waals surface area contributed by atoms with Crippen molar-refractivity contribution in [1.82, 2.24) is 4.98 Å². The molecule has 0 bridgehead atoms. The molecule has 1 heterocycles. The van der Waals surface area contributed by atoms with Crippen LogP contribution in [0.2, 0.25) is 0 Å². The normalized spacial score (nSPS) is 9.64. The molecular formula is C9H10FNO3. The molecule has 0 aliphatic rings. The molecule has 5 heteroatoms. The highest BCUT2D eigenvalue weighted by Crippen LogP contribution is 2.13. The standard InChI is InChI=1S/C9H10FNO3/c1-13-7-3-6(4-9(12)14-2)11-8(10)5-7/h3,5H,4H2,1-2H3. The van der Waals surface area contributed by atoms with Crippen LogP contribution in [0.1, 0.15) is 5.69 Å².